The zero-order chi connectivity index (χ0) is 10.1. The van der Waals surface area contributed by atoms with Gasteiger partial charge in [-0.25, -0.2) is 0 Å². The number of aromatic nitrogens is 1. The summed E-state index contributed by atoms with van der Waals surface area (Å²) >= 11 is 0. The van der Waals surface area contributed by atoms with Gasteiger partial charge in [-0.15, -0.1) is 0 Å². The van der Waals surface area contributed by atoms with Gasteiger partial charge in [0.2, 0.25) is 5.52 Å². The Labute approximate surface area is 87.4 Å². The van der Waals surface area contributed by atoms with Crippen LogP contribution in [0.2, 0.25) is 0 Å². The maximum absolute atomic E-state index is 5.41. The second-order valence-electron chi connectivity index (χ2n) is 3.39. The van der Waals surface area contributed by atoms with Gasteiger partial charge in [0.25, 0.3) is 0 Å². The first kappa shape index (κ1) is 8.24. The summed E-state index contributed by atoms with van der Waals surface area (Å²) in [5.74, 6) is 0.902. The number of furan rings is 1. The van der Waals surface area contributed by atoms with Crippen molar-refractivity contribution in [3.63, 3.8) is 0 Å². The van der Waals surface area contributed by atoms with E-state index >= 15 is 0 Å². The first-order chi connectivity index (χ1) is 7.45. The molecule has 0 spiro atoms. The molecule has 72 valence electrons. The lowest BCUT2D eigenvalue weighted by Crippen LogP contribution is -2.20. The summed E-state index contributed by atoms with van der Waals surface area (Å²) in [7, 11) is 0. The minimum atomic E-state index is 0.902. The van der Waals surface area contributed by atoms with Crippen molar-refractivity contribution in [3.8, 4) is 11.3 Å². The van der Waals surface area contributed by atoms with Crippen LogP contribution in [0.5, 0.6) is 0 Å². The highest BCUT2D eigenvalue weighted by Gasteiger charge is 2.10. The van der Waals surface area contributed by atoms with Gasteiger partial charge in [0.05, 0.1) is 11.8 Å². The standard InChI is InChI=1S/C13H10NO/c1-2-8-14-9-3-5-11(12(14)6-1)13-7-4-10-15-13/h1-10H/q+1. The van der Waals surface area contributed by atoms with Crippen LogP contribution in [0.4, 0.5) is 0 Å². The molecule has 0 radical (unpaired) electrons. The normalized spacial score (nSPS) is 10.7. The second-order valence-corrected chi connectivity index (χ2v) is 3.39. The molecule has 15 heavy (non-hydrogen) atoms. The fourth-order valence-corrected chi connectivity index (χ4v) is 1.77. The second kappa shape index (κ2) is 3.24. The van der Waals surface area contributed by atoms with Crippen LogP contribution >= 0.6 is 0 Å². The Balaban J connectivity index is 2.36. The van der Waals surface area contributed by atoms with Crippen molar-refractivity contribution < 1.29 is 8.82 Å². The van der Waals surface area contributed by atoms with Gasteiger partial charge >= 0.3 is 0 Å². The largest absolute Gasteiger partial charge is 0.464 e. The Morgan fingerprint density at radius 2 is 1.80 bits per heavy atom. The average molecular weight is 196 g/mol. The van der Waals surface area contributed by atoms with E-state index in [2.05, 4.69) is 16.5 Å². The summed E-state index contributed by atoms with van der Waals surface area (Å²) in [6.45, 7) is 0. The maximum Gasteiger partial charge on any atom is 0.221 e. The Morgan fingerprint density at radius 1 is 0.867 bits per heavy atom. The summed E-state index contributed by atoms with van der Waals surface area (Å²) in [4.78, 5) is 0. The van der Waals surface area contributed by atoms with Crippen molar-refractivity contribution in [2.24, 2.45) is 0 Å². The Kier molecular flexibility index (Phi) is 1.78. The highest BCUT2D eigenvalue weighted by atomic mass is 16.3. The van der Waals surface area contributed by atoms with E-state index in [-0.39, 0.29) is 0 Å². The lowest BCUT2D eigenvalue weighted by atomic mass is 10.1. The van der Waals surface area contributed by atoms with Gasteiger partial charge in [-0.05, 0) is 24.3 Å². The van der Waals surface area contributed by atoms with Crippen LogP contribution in [0.1, 0.15) is 0 Å². The monoisotopic (exact) mass is 196 g/mol. The first-order valence-electron chi connectivity index (χ1n) is 4.88. The number of rotatable bonds is 1. The molecule has 0 unspecified atom stereocenters. The van der Waals surface area contributed by atoms with Crippen molar-refractivity contribution in [2.75, 3.05) is 0 Å². The summed E-state index contributed by atoms with van der Waals surface area (Å²) in [6, 6.07) is 14.1. The Bertz CT molecular complexity index is 579. The van der Waals surface area contributed by atoms with Crippen molar-refractivity contribution >= 4 is 5.52 Å². The van der Waals surface area contributed by atoms with E-state index in [4.69, 9.17) is 4.42 Å². The van der Waals surface area contributed by atoms with Crippen LogP contribution < -0.4 is 4.40 Å². The molecular weight excluding hydrogens is 186 g/mol. The van der Waals surface area contributed by atoms with Crippen LogP contribution in [0.25, 0.3) is 16.8 Å². The molecule has 0 aromatic carbocycles. The molecular formula is C13H10NO+. The zero-order valence-corrected chi connectivity index (χ0v) is 8.13. The van der Waals surface area contributed by atoms with Crippen LogP contribution in [-0.4, -0.2) is 0 Å². The van der Waals surface area contributed by atoms with E-state index in [1.165, 1.54) is 0 Å². The molecule has 0 N–H and O–H groups in total. The molecule has 3 rings (SSSR count). The van der Waals surface area contributed by atoms with Crippen LogP contribution in [0, 0.1) is 0 Å². The quantitative estimate of drug-likeness (QED) is 0.547. The number of nitrogens with zero attached hydrogens (tertiary/aromatic N) is 1. The van der Waals surface area contributed by atoms with Gasteiger partial charge < -0.3 is 4.42 Å². The van der Waals surface area contributed by atoms with E-state index in [0.29, 0.717) is 0 Å². The van der Waals surface area contributed by atoms with Gasteiger partial charge in [-0.3, -0.25) is 0 Å². The molecule has 0 aliphatic carbocycles. The molecule has 3 heterocycles. The molecule has 0 fully saturated rings. The van der Waals surface area contributed by atoms with Gasteiger partial charge in [0.1, 0.15) is 5.76 Å². The molecule has 0 aliphatic rings. The lowest BCUT2D eigenvalue weighted by Gasteiger charge is -1.96. The fourth-order valence-electron chi connectivity index (χ4n) is 1.77. The molecule has 0 atom stereocenters. The predicted octanol–water partition coefficient (Wildman–Crippen LogP) is 2.69. The number of hydrogen-bond donors (Lipinski definition) is 0. The van der Waals surface area contributed by atoms with Crippen molar-refractivity contribution in [2.45, 2.75) is 0 Å². The maximum atomic E-state index is 5.41. The molecule has 3 aromatic rings. The SMILES string of the molecule is c1coc(-c2ccc[n+]3ccccc23)c1. The first-order valence-corrected chi connectivity index (χ1v) is 4.88. The van der Waals surface area contributed by atoms with Gasteiger partial charge in [-0.2, -0.15) is 4.40 Å². The Morgan fingerprint density at radius 3 is 2.67 bits per heavy atom. The molecule has 3 aromatic heterocycles. The molecule has 0 bridgehead atoms. The Hall–Kier alpha value is -2.09. The summed E-state index contributed by atoms with van der Waals surface area (Å²) in [5.41, 5.74) is 2.26. The van der Waals surface area contributed by atoms with E-state index in [1.807, 2.05) is 42.7 Å². The smallest absolute Gasteiger partial charge is 0.221 e. The van der Waals surface area contributed by atoms with Gasteiger partial charge in [0.15, 0.2) is 12.4 Å². The van der Waals surface area contributed by atoms with Crippen molar-refractivity contribution in [1.29, 1.82) is 0 Å². The van der Waals surface area contributed by atoms with E-state index in [1.54, 1.807) is 6.26 Å². The topological polar surface area (TPSA) is 17.2 Å². The summed E-state index contributed by atoms with van der Waals surface area (Å²) in [5, 5.41) is 0. The lowest BCUT2D eigenvalue weighted by molar-refractivity contribution is -0.511. The highest BCUT2D eigenvalue weighted by molar-refractivity contribution is 5.73. The molecule has 0 saturated heterocycles. The molecule has 0 amide bonds. The van der Waals surface area contributed by atoms with E-state index in [9.17, 15) is 0 Å². The predicted molar refractivity (Wildman–Crippen MR) is 57.3 cm³/mol. The minimum Gasteiger partial charge on any atom is -0.464 e. The fraction of sp³-hybridized carbons (Fsp3) is 0. The number of hydrogen-bond acceptors (Lipinski definition) is 1. The van der Waals surface area contributed by atoms with E-state index < -0.39 is 0 Å². The zero-order valence-electron chi connectivity index (χ0n) is 8.13. The van der Waals surface area contributed by atoms with Crippen LogP contribution in [0.3, 0.4) is 0 Å². The number of fused-ring (bicyclic) bond motifs is 1. The third-order valence-electron chi connectivity index (χ3n) is 2.46. The van der Waals surface area contributed by atoms with Crippen LogP contribution in [-0.2, 0) is 0 Å². The molecule has 0 aliphatic heterocycles. The van der Waals surface area contributed by atoms with Crippen molar-refractivity contribution in [1.82, 2.24) is 0 Å². The molecule has 2 heteroatoms. The highest BCUT2D eigenvalue weighted by Crippen LogP contribution is 2.21. The average Bonchev–Trinajstić information content (AvgIpc) is 2.82. The van der Waals surface area contributed by atoms with Gasteiger partial charge in [0, 0.05) is 18.2 Å². The molecule has 2 nitrogen and oxygen atoms in total. The van der Waals surface area contributed by atoms with Gasteiger partial charge in [-0.1, -0.05) is 0 Å². The van der Waals surface area contributed by atoms with E-state index in [0.717, 1.165) is 16.8 Å². The van der Waals surface area contributed by atoms with Crippen LogP contribution in [0.15, 0.2) is 65.5 Å². The third kappa shape index (κ3) is 1.31. The minimum absolute atomic E-state index is 0.902. The summed E-state index contributed by atoms with van der Waals surface area (Å²) in [6.07, 6.45) is 5.76. The molecule has 0 saturated carbocycles. The summed E-state index contributed by atoms with van der Waals surface area (Å²) < 4.78 is 7.50. The number of pyridine rings is 2. The third-order valence-corrected chi connectivity index (χ3v) is 2.46. The van der Waals surface area contributed by atoms with Crippen molar-refractivity contribution in [3.05, 3.63) is 61.1 Å².